The van der Waals surface area contributed by atoms with Gasteiger partial charge in [-0.1, -0.05) is 54.6 Å². The first-order valence-corrected chi connectivity index (χ1v) is 7.32. The fourth-order valence-electron chi connectivity index (χ4n) is 3.10. The molecule has 0 bridgehead atoms. The Bertz CT molecular complexity index is 804. The van der Waals surface area contributed by atoms with Gasteiger partial charge in [0.05, 0.1) is 12.6 Å². The second kappa shape index (κ2) is 4.90. The number of hydrogen-bond acceptors (Lipinski definition) is 2. The minimum absolute atomic E-state index is 0.109. The van der Waals surface area contributed by atoms with Crippen molar-refractivity contribution in [3.05, 3.63) is 77.4 Å². The molecule has 0 fully saturated rings. The van der Waals surface area contributed by atoms with Crippen LogP contribution in [0.1, 0.15) is 22.7 Å². The first kappa shape index (κ1) is 12.4. The monoisotopic (exact) mass is 275 g/mol. The summed E-state index contributed by atoms with van der Waals surface area (Å²) in [5.74, 6) is 1.00. The van der Waals surface area contributed by atoms with E-state index in [1.165, 1.54) is 21.9 Å². The molecule has 0 amide bonds. The maximum absolute atomic E-state index is 6.54. The fourth-order valence-corrected chi connectivity index (χ4v) is 3.10. The molecule has 0 saturated carbocycles. The van der Waals surface area contributed by atoms with E-state index in [1.54, 1.807) is 0 Å². The minimum Gasteiger partial charge on any atom is -0.493 e. The molecule has 1 atom stereocenters. The highest BCUT2D eigenvalue weighted by atomic mass is 16.5. The third-order valence-corrected chi connectivity index (χ3v) is 4.23. The summed E-state index contributed by atoms with van der Waals surface area (Å²) in [6.07, 6.45) is 0.978. The standard InChI is InChI=1S/C19H17NO/c20-19(15-8-9-18-14(12-15)10-11-21-18)17-7-3-5-13-4-1-2-6-16(13)17/h1-9,12,19H,10-11,20H2. The molecule has 0 aromatic heterocycles. The summed E-state index contributed by atoms with van der Waals surface area (Å²) < 4.78 is 5.57. The van der Waals surface area contributed by atoms with Crippen LogP contribution in [0.5, 0.6) is 5.75 Å². The van der Waals surface area contributed by atoms with E-state index >= 15 is 0 Å². The Labute approximate surface area is 124 Å². The normalized spacial score (nSPS) is 14.7. The quantitative estimate of drug-likeness (QED) is 0.771. The van der Waals surface area contributed by atoms with Gasteiger partial charge in [-0.2, -0.15) is 0 Å². The molecular weight excluding hydrogens is 258 g/mol. The van der Waals surface area contributed by atoms with Crippen molar-refractivity contribution in [3.63, 3.8) is 0 Å². The minimum atomic E-state index is -0.109. The van der Waals surface area contributed by atoms with Crippen molar-refractivity contribution in [1.82, 2.24) is 0 Å². The first-order valence-electron chi connectivity index (χ1n) is 7.32. The van der Waals surface area contributed by atoms with E-state index in [4.69, 9.17) is 10.5 Å². The zero-order valence-corrected chi connectivity index (χ0v) is 11.8. The van der Waals surface area contributed by atoms with Gasteiger partial charge in [0.1, 0.15) is 5.75 Å². The van der Waals surface area contributed by atoms with Gasteiger partial charge in [-0.25, -0.2) is 0 Å². The summed E-state index contributed by atoms with van der Waals surface area (Å²) in [6.45, 7) is 0.780. The van der Waals surface area contributed by atoms with Crippen molar-refractivity contribution < 1.29 is 4.74 Å². The summed E-state index contributed by atoms with van der Waals surface area (Å²) >= 11 is 0. The van der Waals surface area contributed by atoms with Gasteiger partial charge in [-0.05, 0) is 33.5 Å². The lowest BCUT2D eigenvalue weighted by Gasteiger charge is -2.16. The zero-order valence-electron chi connectivity index (χ0n) is 11.8. The molecule has 4 rings (SSSR count). The predicted octanol–water partition coefficient (Wildman–Crippen LogP) is 3.82. The molecule has 1 unspecified atom stereocenters. The van der Waals surface area contributed by atoms with Crippen LogP contribution in [-0.2, 0) is 6.42 Å². The fraction of sp³-hybridized carbons (Fsp3) is 0.158. The predicted molar refractivity (Wildman–Crippen MR) is 85.6 cm³/mol. The van der Waals surface area contributed by atoms with Crippen molar-refractivity contribution in [2.24, 2.45) is 5.73 Å². The van der Waals surface area contributed by atoms with Crippen LogP contribution < -0.4 is 10.5 Å². The van der Waals surface area contributed by atoms with Gasteiger partial charge >= 0.3 is 0 Å². The van der Waals surface area contributed by atoms with Gasteiger partial charge in [0.2, 0.25) is 0 Å². The molecule has 1 aliphatic rings. The maximum atomic E-state index is 6.54. The van der Waals surface area contributed by atoms with E-state index in [9.17, 15) is 0 Å². The highest BCUT2D eigenvalue weighted by Gasteiger charge is 2.17. The van der Waals surface area contributed by atoms with E-state index in [2.05, 4.69) is 54.6 Å². The van der Waals surface area contributed by atoms with Crippen LogP contribution in [0.25, 0.3) is 10.8 Å². The van der Waals surface area contributed by atoms with E-state index < -0.39 is 0 Å². The average molecular weight is 275 g/mol. The van der Waals surface area contributed by atoms with Crippen molar-refractivity contribution in [2.45, 2.75) is 12.5 Å². The van der Waals surface area contributed by atoms with Gasteiger partial charge in [0.25, 0.3) is 0 Å². The molecule has 1 aliphatic heterocycles. The Hall–Kier alpha value is -2.32. The van der Waals surface area contributed by atoms with E-state index in [1.807, 2.05) is 6.07 Å². The summed E-state index contributed by atoms with van der Waals surface area (Å²) in [7, 11) is 0. The molecule has 2 heteroatoms. The molecule has 21 heavy (non-hydrogen) atoms. The molecule has 0 saturated heterocycles. The number of ether oxygens (including phenoxy) is 1. The zero-order chi connectivity index (χ0) is 14.2. The van der Waals surface area contributed by atoms with Gasteiger partial charge in [0, 0.05) is 6.42 Å². The van der Waals surface area contributed by atoms with Crippen molar-refractivity contribution in [2.75, 3.05) is 6.61 Å². The molecule has 0 aliphatic carbocycles. The van der Waals surface area contributed by atoms with Crippen LogP contribution in [0.2, 0.25) is 0 Å². The smallest absolute Gasteiger partial charge is 0.122 e. The van der Waals surface area contributed by atoms with Crippen molar-refractivity contribution in [3.8, 4) is 5.75 Å². The van der Waals surface area contributed by atoms with Crippen LogP contribution in [0.3, 0.4) is 0 Å². The molecule has 0 spiro atoms. The molecule has 2 nitrogen and oxygen atoms in total. The topological polar surface area (TPSA) is 35.2 Å². The Balaban J connectivity index is 1.81. The van der Waals surface area contributed by atoms with Crippen LogP contribution in [0.4, 0.5) is 0 Å². The first-order chi connectivity index (χ1) is 10.3. The number of nitrogens with two attached hydrogens (primary N) is 1. The molecule has 1 heterocycles. The highest BCUT2D eigenvalue weighted by molar-refractivity contribution is 5.86. The second-order valence-corrected chi connectivity index (χ2v) is 5.51. The van der Waals surface area contributed by atoms with Crippen LogP contribution in [0.15, 0.2) is 60.7 Å². The lowest BCUT2D eigenvalue weighted by Crippen LogP contribution is -2.12. The number of hydrogen-bond donors (Lipinski definition) is 1. The van der Waals surface area contributed by atoms with Crippen LogP contribution in [-0.4, -0.2) is 6.61 Å². The number of fused-ring (bicyclic) bond motifs is 2. The molecular formula is C19H17NO. The van der Waals surface area contributed by atoms with E-state index in [0.29, 0.717) is 0 Å². The van der Waals surface area contributed by atoms with Gasteiger partial charge in [-0.3, -0.25) is 0 Å². The third-order valence-electron chi connectivity index (χ3n) is 4.23. The SMILES string of the molecule is NC(c1ccc2c(c1)CCO2)c1cccc2ccccc12. The summed E-state index contributed by atoms with van der Waals surface area (Å²) in [5, 5.41) is 2.46. The van der Waals surface area contributed by atoms with E-state index in [0.717, 1.165) is 24.3 Å². The number of benzene rings is 3. The van der Waals surface area contributed by atoms with Gasteiger partial charge in [-0.15, -0.1) is 0 Å². The van der Waals surface area contributed by atoms with Crippen molar-refractivity contribution in [1.29, 1.82) is 0 Å². The third kappa shape index (κ3) is 2.08. The van der Waals surface area contributed by atoms with E-state index in [-0.39, 0.29) is 6.04 Å². The summed E-state index contributed by atoms with van der Waals surface area (Å²) in [6, 6.07) is 20.9. The lowest BCUT2D eigenvalue weighted by atomic mass is 9.93. The Morgan fingerprint density at radius 3 is 2.76 bits per heavy atom. The molecule has 3 aromatic rings. The Morgan fingerprint density at radius 2 is 1.81 bits per heavy atom. The van der Waals surface area contributed by atoms with Gasteiger partial charge < -0.3 is 10.5 Å². The van der Waals surface area contributed by atoms with Gasteiger partial charge in [0.15, 0.2) is 0 Å². The average Bonchev–Trinajstić information content (AvgIpc) is 3.01. The van der Waals surface area contributed by atoms with Crippen LogP contribution >= 0.6 is 0 Å². The molecule has 104 valence electrons. The lowest BCUT2D eigenvalue weighted by molar-refractivity contribution is 0.357. The maximum Gasteiger partial charge on any atom is 0.122 e. The van der Waals surface area contributed by atoms with Crippen molar-refractivity contribution >= 4 is 10.8 Å². The molecule has 3 aromatic carbocycles. The molecule has 0 radical (unpaired) electrons. The van der Waals surface area contributed by atoms with Crippen LogP contribution in [0, 0.1) is 0 Å². The molecule has 2 N–H and O–H groups in total. The number of rotatable bonds is 2. The summed E-state index contributed by atoms with van der Waals surface area (Å²) in [5.41, 5.74) is 10.1. The largest absolute Gasteiger partial charge is 0.493 e. The Kier molecular flexibility index (Phi) is 2.90. The summed E-state index contributed by atoms with van der Waals surface area (Å²) in [4.78, 5) is 0. The Morgan fingerprint density at radius 1 is 0.952 bits per heavy atom. The second-order valence-electron chi connectivity index (χ2n) is 5.51. The highest BCUT2D eigenvalue weighted by Crippen LogP contribution is 2.32.